The highest BCUT2D eigenvalue weighted by atomic mass is 32.2. The second kappa shape index (κ2) is 7.60. The molecular weight excluding hydrogens is 418 g/mol. The molecule has 0 saturated carbocycles. The Morgan fingerprint density at radius 1 is 0.931 bits per heavy atom. The normalized spacial score (nSPS) is 16.5. The van der Waals surface area contributed by atoms with Crippen LogP contribution in [0, 0.1) is 16.4 Å². The number of aromatic nitrogens is 2. The summed E-state index contributed by atoms with van der Waals surface area (Å²) >= 11 is 5.55. The van der Waals surface area contributed by atoms with E-state index in [9.17, 15) is 17.2 Å². The van der Waals surface area contributed by atoms with Crippen LogP contribution in [-0.4, -0.2) is 52.9 Å². The van der Waals surface area contributed by atoms with Crippen LogP contribution in [0.2, 0.25) is 0 Å². The van der Waals surface area contributed by atoms with E-state index in [-0.39, 0.29) is 13.1 Å². The monoisotopic (exact) mass is 438 g/mol. The smallest absolute Gasteiger partial charge is 0.249 e. The first-order chi connectivity index (χ1) is 13.8. The Morgan fingerprint density at radius 3 is 2.14 bits per heavy atom. The number of rotatable bonds is 4. The molecule has 10 heteroatoms. The van der Waals surface area contributed by atoms with Crippen molar-refractivity contribution >= 4 is 33.3 Å². The molecule has 0 radical (unpaired) electrons. The maximum atomic E-state index is 14.0. The van der Waals surface area contributed by atoms with Crippen LogP contribution >= 0.6 is 12.2 Å². The van der Waals surface area contributed by atoms with Gasteiger partial charge in [0.2, 0.25) is 10.0 Å². The van der Waals surface area contributed by atoms with Gasteiger partial charge in [0.25, 0.3) is 0 Å². The Balaban J connectivity index is 1.52. The molecule has 0 atom stereocenters. The topological polar surface area (TPSA) is 50.5 Å². The maximum Gasteiger partial charge on any atom is 0.249 e. The van der Waals surface area contributed by atoms with Gasteiger partial charge in [-0.2, -0.15) is 4.31 Å². The third-order valence-electron chi connectivity index (χ3n) is 5.24. The Bertz CT molecular complexity index is 1210. The first-order valence-electron chi connectivity index (χ1n) is 9.11. The van der Waals surface area contributed by atoms with Crippen molar-refractivity contribution in [1.29, 1.82) is 0 Å². The van der Waals surface area contributed by atoms with Crippen molar-refractivity contribution in [2.45, 2.75) is 11.6 Å². The molecular formula is C19H20F2N4O2S2. The predicted octanol–water partition coefficient (Wildman–Crippen LogP) is 2.95. The minimum atomic E-state index is -4.23. The van der Waals surface area contributed by atoms with E-state index in [1.807, 2.05) is 40.4 Å². The average molecular weight is 439 g/mol. The lowest BCUT2D eigenvalue weighted by Crippen LogP contribution is -2.49. The maximum absolute atomic E-state index is 14.0. The van der Waals surface area contributed by atoms with E-state index in [0.717, 1.165) is 33.5 Å². The number of hydrogen-bond donors (Lipinski definition) is 0. The van der Waals surface area contributed by atoms with Gasteiger partial charge in [-0.25, -0.2) is 17.2 Å². The molecule has 2 heterocycles. The summed E-state index contributed by atoms with van der Waals surface area (Å²) < 4.78 is 59.2. The van der Waals surface area contributed by atoms with Gasteiger partial charge >= 0.3 is 0 Å². The number of aryl methyl sites for hydroxylation is 1. The van der Waals surface area contributed by atoms with Crippen LogP contribution in [0.5, 0.6) is 0 Å². The molecule has 0 aliphatic carbocycles. The predicted molar refractivity (Wildman–Crippen MR) is 108 cm³/mol. The van der Waals surface area contributed by atoms with Crippen LogP contribution in [0.3, 0.4) is 0 Å². The van der Waals surface area contributed by atoms with Crippen molar-refractivity contribution < 1.29 is 17.2 Å². The van der Waals surface area contributed by atoms with Crippen molar-refractivity contribution in [2.24, 2.45) is 7.05 Å². The van der Waals surface area contributed by atoms with Gasteiger partial charge in [0.15, 0.2) is 9.67 Å². The van der Waals surface area contributed by atoms with Crippen LogP contribution in [0.4, 0.5) is 8.78 Å². The highest BCUT2D eigenvalue weighted by molar-refractivity contribution is 7.89. The lowest BCUT2D eigenvalue weighted by molar-refractivity contribution is 0.153. The lowest BCUT2D eigenvalue weighted by atomic mass is 10.3. The fourth-order valence-corrected chi connectivity index (χ4v) is 5.45. The van der Waals surface area contributed by atoms with Crippen LogP contribution < -0.4 is 0 Å². The number of halogens is 2. The summed E-state index contributed by atoms with van der Waals surface area (Å²) in [4.78, 5) is 1.19. The SMILES string of the molecule is Cn1c(=S)n(CN2CCN(S(=O)(=O)c3c(F)cccc3F)CC2)c2ccccc21. The van der Waals surface area contributed by atoms with Crippen LogP contribution in [0.25, 0.3) is 11.0 Å². The van der Waals surface area contributed by atoms with E-state index in [2.05, 4.69) is 4.90 Å². The summed E-state index contributed by atoms with van der Waals surface area (Å²) in [5.74, 6) is -2.15. The molecule has 4 rings (SSSR count). The molecule has 1 aromatic heterocycles. The molecule has 0 spiro atoms. The highest BCUT2D eigenvalue weighted by Crippen LogP contribution is 2.24. The summed E-state index contributed by atoms with van der Waals surface area (Å²) in [6.07, 6.45) is 0. The van der Waals surface area contributed by atoms with Crippen molar-refractivity contribution in [3.8, 4) is 0 Å². The van der Waals surface area contributed by atoms with Gasteiger partial charge in [-0.05, 0) is 36.5 Å². The summed E-state index contributed by atoms with van der Waals surface area (Å²) in [5, 5.41) is 0. The van der Waals surface area contributed by atoms with E-state index in [4.69, 9.17) is 12.2 Å². The molecule has 0 bridgehead atoms. The standard InChI is InChI=1S/C19H20F2N4O2S2/c1-22-16-7-2-3-8-17(16)25(19(22)28)13-23-9-11-24(12-10-23)29(26,27)18-14(20)5-4-6-15(18)21/h2-8H,9-13H2,1H3. The van der Waals surface area contributed by atoms with E-state index < -0.39 is 26.6 Å². The number of imidazole rings is 1. The Hall–Kier alpha value is -2.14. The van der Waals surface area contributed by atoms with Crippen molar-refractivity contribution in [3.63, 3.8) is 0 Å². The highest BCUT2D eigenvalue weighted by Gasteiger charge is 2.33. The minimum absolute atomic E-state index is 0.147. The van der Waals surface area contributed by atoms with Crippen LogP contribution in [-0.2, 0) is 23.7 Å². The number of nitrogens with zero attached hydrogens (tertiary/aromatic N) is 4. The molecule has 1 aliphatic heterocycles. The molecule has 1 aliphatic rings. The van der Waals surface area contributed by atoms with Gasteiger partial charge in [-0.3, -0.25) is 4.90 Å². The zero-order valence-electron chi connectivity index (χ0n) is 15.8. The number of fused-ring (bicyclic) bond motifs is 1. The van der Waals surface area contributed by atoms with E-state index >= 15 is 0 Å². The second-order valence-electron chi connectivity index (χ2n) is 6.97. The first kappa shape index (κ1) is 20.1. The number of benzene rings is 2. The minimum Gasteiger partial charge on any atom is -0.320 e. The number of hydrogen-bond acceptors (Lipinski definition) is 4. The Labute approximate surface area is 172 Å². The third-order valence-corrected chi connectivity index (χ3v) is 7.69. The fourth-order valence-electron chi connectivity index (χ4n) is 3.67. The molecule has 3 aromatic rings. The van der Waals surface area contributed by atoms with Crippen molar-refractivity contribution in [3.05, 3.63) is 58.9 Å². The second-order valence-corrected chi connectivity index (χ2v) is 9.21. The van der Waals surface area contributed by atoms with Gasteiger partial charge in [0.05, 0.1) is 17.7 Å². The van der Waals surface area contributed by atoms with Gasteiger partial charge in [-0.15, -0.1) is 0 Å². The molecule has 29 heavy (non-hydrogen) atoms. The molecule has 2 aromatic carbocycles. The summed E-state index contributed by atoms with van der Waals surface area (Å²) in [6.45, 7) is 1.67. The van der Waals surface area contributed by atoms with Crippen LogP contribution in [0.1, 0.15) is 0 Å². The molecule has 0 N–H and O–H groups in total. The van der Waals surface area contributed by atoms with Gasteiger partial charge in [-0.1, -0.05) is 18.2 Å². The van der Waals surface area contributed by atoms with E-state index in [0.29, 0.717) is 24.5 Å². The van der Waals surface area contributed by atoms with Crippen molar-refractivity contribution in [1.82, 2.24) is 18.3 Å². The summed E-state index contributed by atoms with van der Waals surface area (Å²) in [6, 6.07) is 10.9. The number of para-hydroxylation sites is 2. The summed E-state index contributed by atoms with van der Waals surface area (Å²) in [7, 11) is -2.32. The molecule has 1 fully saturated rings. The zero-order valence-corrected chi connectivity index (χ0v) is 17.4. The van der Waals surface area contributed by atoms with Gasteiger partial charge in [0, 0.05) is 33.2 Å². The average Bonchev–Trinajstić information content (AvgIpc) is 2.93. The Kier molecular flexibility index (Phi) is 5.28. The quantitative estimate of drug-likeness (QED) is 0.588. The first-order valence-corrected chi connectivity index (χ1v) is 11.0. The largest absolute Gasteiger partial charge is 0.320 e. The number of sulfonamides is 1. The fraction of sp³-hybridized carbons (Fsp3) is 0.316. The van der Waals surface area contributed by atoms with Gasteiger partial charge < -0.3 is 9.13 Å². The van der Waals surface area contributed by atoms with Crippen molar-refractivity contribution in [2.75, 3.05) is 26.2 Å². The molecule has 0 amide bonds. The molecule has 1 saturated heterocycles. The van der Waals surface area contributed by atoms with E-state index in [1.165, 1.54) is 0 Å². The van der Waals surface area contributed by atoms with E-state index in [1.54, 1.807) is 0 Å². The zero-order chi connectivity index (χ0) is 20.8. The molecule has 6 nitrogen and oxygen atoms in total. The van der Waals surface area contributed by atoms with Crippen LogP contribution in [0.15, 0.2) is 47.4 Å². The molecule has 154 valence electrons. The lowest BCUT2D eigenvalue weighted by Gasteiger charge is -2.34. The third kappa shape index (κ3) is 3.50. The Morgan fingerprint density at radius 2 is 1.52 bits per heavy atom. The number of piperazine rings is 1. The van der Waals surface area contributed by atoms with Gasteiger partial charge in [0.1, 0.15) is 11.6 Å². The molecule has 0 unspecified atom stereocenters. The summed E-state index contributed by atoms with van der Waals surface area (Å²) in [5.41, 5.74) is 2.03.